The number of benzene rings is 1. The first-order valence-electron chi connectivity index (χ1n) is 9.07. The third kappa shape index (κ3) is 3.45. The van der Waals surface area contributed by atoms with Crippen molar-refractivity contribution in [3.63, 3.8) is 0 Å². The number of carbonyl (C=O) groups excluding carboxylic acids is 1. The molecule has 6 heteroatoms. The minimum absolute atomic E-state index is 0.168. The van der Waals surface area contributed by atoms with Gasteiger partial charge in [-0.2, -0.15) is 11.8 Å². The van der Waals surface area contributed by atoms with Gasteiger partial charge in [0.25, 0.3) is 0 Å². The second-order valence-electron chi connectivity index (χ2n) is 6.83. The number of nitrogens with zero attached hydrogens (tertiary/aromatic N) is 4. The Morgan fingerprint density at radius 3 is 2.56 bits per heavy atom. The molecule has 0 unspecified atom stereocenters. The van der Waals surface area contributed by atoms with Crippen molar-refractivity contribution in [3.8, 4) is 0 Å². The number of anilines is 1. The maximum atomic E-state index is 12.7. The lowest BCUT2D eigenvalue weighted by Gasteiger charge is -2.35. The molecule has 4 rings (SSSR count). The number of carbonyl (C=O) groups is 1. The molecule has 0 spiro atoms. The molecule has 25 heavy (non-hydrogen) atoms. The third-order valence-corrected chi connectivity index (χ3v) is 6.17. The summed E-state index contributed by atoms with van der Waals surface area (Å²) in [5, 5.41) is 1.11. The van der Waals surface area contributed by atoms with E-state index in [1.165, 1.54) is 0 Å². The average Bonchev–Trinajstić information content (AvgIpc) is 2.68. The topological polar surface area (TPSA) is 49.3 Å². The van der Waals surface area contributed by atoms with Crippen LogP contribution in [-0.2, 0) is 4.79 Å². The summed E-state index contributed by atoms with van der Waals surface area (Å²) in [5.41, 5.74) is 2.01. The van der Waals surface area contributed by atoms with Gasteiger partial charge in [-0.1, -0.05) is 18.2 Å². The van der Waals surface area contributed by atoms with Crippen LogP contribution < -0.4 is 4.90 Å². The van der Waals surface area contributed by atoms with Crippen LogP contribution in [0.15, 0.2) is 24.3 Å². The van der Waals surface area contributed by atoms with Crippen LogP contribution in [0.4, 0.5) is 5.95 Å². The van der Waals surface area contributed by atoms with Gasteiger partial charge in [-0.05, 0) is 25.8 Å². The fraction of sp³-hybridized carbons (Fsp3) is 0.526. The number of piperidine rings is 1. The van der Waals surface area contributed by atoms with Crippen molar-refractivity contribution in [3.05, 3.63) is 30.0 Å². The summed E-state index contributed by atoms with van der Waals surface area (Å²) in [6.07, 6.45) is 1.80. The molecule has 1 amide bonds. The Kier molecular flexibility index (Phi) is 4.79. The van der Waals surface area contributed by atoms with Crippen molar-refractivity contribution in [2.24, 2.45) is 5.92 Å². The lowest BCUT2D eigenvalue weighted by atomic mass is 9.95. The van der Waals surface area contributed by atoms with Crippen LogP contribution in [0.3, 0.4) is 0 Å². The second-order valence-corrected chi connectivity index (χ2v) is 8.05. The predicted molar refractivity (Wildman–Crippen MR) is 103 cm³/mol. The normalized spacial score (nSPS) is 19.4. The molecule has 1 aromatic carbocycles. The Hall–Kier alpha value is -1.82. The summed E-state index contributed by atoms with van der Waals surface area (Å²) in [6.45, 7) is 5.58. The van der Waals surface area contributed by atoms with Crippen LogP contribution in [0, 0.1) is 12.8 Å². The van der Waals surface area contributed by atoms with Gasteiger partial charge in [0.15, 0.2) is 0 Å². The highest BCUT2D eigenvalue weighted by molar-refractivity contribution is 7.99. The van der Waals surface area contributed by atoms with E-state index in [9.17, 15) is 4.79 Å². The van der Waals surface area contributed by atoms with Gasteiger partial charge in [0.2, 0.25) is 11.9 Å². The first-order chi connectivity index (χ1) is 12.2. The molecule has 5 nitrogen and oxygen atoms in total. The van der Waals surface area contributed by atoms with E-state index in [2.05, 4.69) is 15.9 Å². The maximum absolute atomic E-state index is 12.7. The van der Waals surface area contributed by atoms with Gasteiger partial charge in [0, 0.05) is 49.0 Å². The van der Waals surface area contributed by atoms with E-state index < -0.39 is 0 Å². The van der Waals surface area contributed by atoms with Crippen molar-refractivity contribution < 1.29 is 4.79 Å². The van der Waals surface area contributed by atoms with Crippen molar-refractivity contribution in [1.82, 2.24) is 14.9 Å². The Morgan fingerprint density at radius 2 is 1.80 bits per heavy atom. The molecule has 3 heterocycles. The zero-order valence-electron chi connectivity index (χ0n) is 14.6. The van der Waals surface area contributed by atoms with E-state index in [1.54, 1.807) is 0 Å². The highest BCUT2D eigenvalue weighted by Crippen LogP contribution is 2.25. The fourth-order valence-corrected chi connectivity index (χ4v) is 4.63. The second kappa shape index (κ2) is 7.20. The lowest BCUT2D eigenvalue weighted by molar-refractivity contribution is -0.135. The van der Waals surface area contributed by atoms with Gasteiger partial charge < -0.3 is 9.80 Å². The molecule has 2 aliphatic heterocycles. The van der Waals surface area contributed by atoms with E-state index in [-0.39, 0.29) is 5.92 Å². The third-order valence-electron chi connectivity index (χ3n) is 5.23. The van der Waals surface area contributed by atoms with Gasteiger partial charge in [-0.15, -0.1) is 0 Å². The van der Waals surface area contributed by atoms with E-state index >= 15 is 0 Å². The molecule has 2 fully saturated rings. The van der Waals surface area contributed by atoms with Crippen molar-refractivity contribution in [2.75, 3.05) is 42.6 Å². The molecule has 0 atom stereocenters. The number of fused-ring (bicyclic) bond motifs is 1. The van der Waals surface area contributed by atoms with Crippen LogP contribution in [0.25, 0.3) is 10.9 Å². The van der Waals surface area contributed by atoms with Crippen LogP contribution in [-0.4, -0.2) is 58.5 Å². The minimum Gasteiger partial charge on any atom is -0.341 e. The summed E-state index contributed by atoms with van der Waals surface area (Å²) >= 11 is 1.94. The number of para-hydroxylation sites is 1. The quantitative estimate of drug-likeness (QED) is 0.828. The van der Waals surface area contributed by atoms with Crippen LogP contribution >= 0.6 is 11.8 Å². The van der Waals surface area contributed by atoms with Crippen LogP contribution in [0.5, 0.6) is 0 Å². The maximum Gasteiger partial charge on any atom is 0.226 e. The summed E-state index contributed by atoms with van der Waals surface area (Å²) in [4.78, 5) is 26.4. The molecule has 1 aromatic heterocycles. The predicted octanol–water partition coefficient (Wildman–Crippen LogP) is 2.73. The van der Waals surface area contributed by atoms with Gasteiger partial charge in [0.05, 0.1) is 11.2 Å². The van der Waals surface area contributed by atoms with Gasteiger partial charge in [-0.25, -0.2) is 9.97 Å². The molecule has 0 bridgehead atoms. The first kappa shape index (κ1) is 16.6. The minimum atomic E-state index is 0.168. The molecular formula is C19H24N4OS. The number of rotatable bonds is 2. The number of aryl methyl sites for hydroxylation is 1. The Balaban J connectivity index is 1.44. The van der Waals surface area contributed by atoms with E-state index in [0.717, 1.165) is 73.1 Å². The summed E-state index contributed by atoms with van der Waals surface area (Å²) in [7, 11) is 0. The smallest absolute Gasteiger partial charge is 0.226 e. The monoisotopic (exact) mass is 356 g/mol. The largest absolute Gasteiger partial charge is 0.341 e. The molecule has 0 saturated carbocycles. The Morgan fingerprint density at radius 1 is 1.08 bits per heavy atom. The van der Waals surface area contributed by atoms with Crippen molar-refractivity contribution in [2.45, 2.75) is 19.8 Å². The molecule has 0 radical (unpaired) electrons. The van der Waals surface area contributed by atoms with Gasteiger partial charge in [-0.3, -0.25) is 4.79 Å². The molecule has 0 N–H and O–H groups in total. The number of thioether (sulfide) groups is 1. The van der Waals surface area contributed by atoms with Gasteiger partial charge >= 0.3 is 0 Å². The number of hydrogen-bond donors (Lipinski definition) is 0. The van der Waals surface area contributed by atoms with Crippen LogP contribution in [0.1, 0.15) is 18.5 Å². The number of amides is 1. The SMILES string of the molecule is Cc1nc(N2CCC(C(=O)N3CCSCC3)CC2)nc2ccccc12. The standard InChI is InChI=1S/C19H24N4OS/c1-14-16-4-2-3-5-17(16)21-19(20-14)23-8-6-15(7-9-23)18(24)22-10-12-25-13-11-22/h2-5,15H,6-13H2,1H3. The van der Waals surface area contributed by atoms with Crippen molar-refractivity contribution in [1.29, 1.82) is 0 Å². The molecule has 2 aliphatic rings. The number of hydrogen-bond acceptors (Lipinski definition) is 5. The summed E-state index contributed by atoms with van der Waals surface area (Å²) in [6, 6.07) is 8.14. The molecular weight excluding hydrogens is 332 g/mol. The summed E-state index contributed by atoms with van der Waals surface area (Å²) in [5.74, 6) is 3.48. The Labute approximate surface area is 152 Å². The van der Waals surface area contributed by atoms with Gasteiger partial charge in [0.1, 0.15) is 0 Å². The average molecular weight is 356 g/mol. The molecule has 132 valence electrons. The highest BCUT2D eigenvalue weighted by atomic mass is 32.2. The first-order valence-corrected chi connectivity index (χ1v) is 10.2. The molecule has 2 aromatic rings. The van der Waals surface area contributed by atoms with Crippen molar-refractivity contribution >= 4 is 34.5 Å². The molecule has 2 saturated heterocycles. The van der Waals surface area contributed by atoms with E-state index in [1.807, 2.05) is 36.9 Å². The highest BCUT2D eigenvalue weighted by Gasteiger charge is 2.30. The zero-order valence-corrected chi connectivity index (χ0v) is 15.5. The molecule has 0 aliphatic carbocycles. The number of aromatic nitrogens is 2. The Bertz CT molecular complexity index is 767. The summed E-state index contributed by atoms with van der Waals surface area (Å²) < 4.78 is 0. The van der Waals surface area contributed by atoms with E-state index in [4.69, 9.17) is 9.97 Å². The fourth-order valence-electron chi connectivity index (χ4n) is 3.73. The lowest BCUT2D eigenvalue weighted by Crippen LogP contribution is -2.45. The van der Waals surface area contributed by atoms with Crippen LogP contribution in [0.2, 0.25) is 0 Å². The van der Waals surface area contributed by atoms with E-state index in [0.29, 0.717) is 5.91 Å². The zero-order chi connectivity index (χ0) is 17.2.